The molecule has 2 aromatic carbocycles. The first kappa shape index (κ1) is 22.4. The summed E-state index contributed by atoms with van der Waals surface area (Å²) in [6.07, 6.45) is 2.14. The number of amides is 2. The fourth-order valence-electron chi connectivity index (χ4n) is 5.51. The number of carboxylic acid groups (broad SMARTS) is 1. The quantitative estimate of drug-likeness (QED) is 0.672. The van der Waals surface area contributed by atoms with Gasteiger partial charge in [0.25, 0.3) is 0 Å². The molecule has 7 nitrogen and oxygen atoms in total. The Kier molecular flexibility index (Phi) is 5.80. The van der Waals surface area contributed by atoms with Crippen molar-refractivity contribution in [3.05, 3.63) is 59.7 Å². The van der Waals surface area contributed by atoms with Crippen LogP contribution in [0.2, 0.25) is 0 Å². The van der Waals surface area contributed by atoms with Crippen molar-refractivity contribution in [3.63, 3.8) is 0 Å². The Morgan fingerprint density at radius 1 is 1.06 bits per heavy atom. The minimum absolute atomic E-state index is 0.00804. The maximum atomic E-state index is 13.0. The smallest absolute Gasteiger partial charge is 0.407 e. The summed E-state index contributed by atoms with van der Waals surface area (Å²) in [5.74, 6) is -1.23. The Morgan fingerprint density at radius 3 is 2.24 bits per heavy atom. The highest BCUT2D eigenvalue weighted by atomic mass is 16.5. The number of benzene rings is 2. The van der Waals surface area contributed by atoms with Crippen molar-refractivity contribution in [1.82, 2.24) is 10.2 Å². The number of piperidine rings is 1. The zero-order valence-electron chi connectivity index (χ0n) is 19.3. The predicted octanol–water partition coefficient (Wildman–Crippen LogP) is 4.16. The van der Waals surface area contributed by atoms with E-state index in [0.717, 1.165) is 24.0 Å². The molecular weight excluding hydrogens is 432 g/mol. The molecule has 2 aromatic rings. The molecule has 3 aliphatic rings. The second-order valence-electron chi connectivity index (χ2n) is 9.90. The average Bonchev–Trinajstić information content (AvgIpc) is 3.49. The molecule has 1 saturated heterocycles. The number of rotatable bonds is 6. The lowest BCUT2D eigenvalue weighted by atomic mass is 9.91. The number of carbonyl (C=O) groups excluding carboxylic acids is 2. The number of carboxylic acids is 1. The lowest BCUT2D eigenvalue weighted by Gasteiger charge is -2.37. The van der Waals surface area contributed by atoms with E-state index in [4.69, 9.17) is 4.74 Å². The zero-order valence-corrected chi connectivity index (χ0v) is 19.3. The van der Waals surface area contributed by atoms with Crippen LogP contribution in [0.5, 0.6) is 0 Å². The van der Waals surface area contributed by atoms with E-state index < -0.39 is 23.5 Å². The van der Waals surface area contributed by atoms with Crippen LogP contribution >= 0.6 is 0 Å². The molecule has 2 fully saturated rings. The van der Waals surface area contributed by atoms with E-state index in [1.54, 1.807) is 4.90 Å². The van der Waals surface area contributed by atoms with E-state index in [2.05, 4.69) is 29.6 Å². The van der Waals surface area contributed by atoms with Crippen LogP contribution in [0.25, 0.3) is 11.1 Å². The summed E-state index contributed by atoms with van der Waals surface area (Å²) in [5.41, 5.74) is 4.12. The molecular formula is C27H30N2O5. The van der Waals surface area contributed by atoms with Crippen LogP contribution in [-0.4, -0.2) is 52.7 Å². The number of hydrogen-bond donors (Lipinski definition) is 2. The van der Waals surface area contributed by atoms with Crippen molar-refractivity contribution in [2.45, 2.75) is 56.5 Å². The van der Waals surface area contributed by atoms with Crippen LogP contribution < -0.4 is 5.32 Å². The Balaban J connectivity index is 1.17. The molecule has 2 aliphatic carbocycles. The molecule has 2 unspecified atom stereocenters. The molecule has 2 N–H and O–H groups in total. The van der Waals surface area contributed by atoms with E-state index in [0.29, 0.717) is 19.4 Å². The van der Waals surface area contributed by atoms with Gasteiger partial charge < -0.3 is 20.1 Å². The van der Waals surface area contributed by atoms with Gasteiger partial charge in [0.15, 0.2) is 0 Å². The molecule has 2 atom stereocenters. The summed E-state index contributed by atoms with van der Waals surface area (Å²) < 4.78 is 5.66. The van der Waals surface area contributed by atoms with Crippen LogP contribution in [0.3, 0.4) is 0 Å². The number of alkyl carbamates (subject to hydrolysis) is 1. The minimum atomic E-state index is -0.797. The predicted molar refractivity (Wildman–Crippen MR) is 126 cm³/mol. The fourth-order valence-corrected chi connectivity index (χ4v) is 5.51. The molecule has 178 valence electrons. The summed E-state index contributed by atoms with van der Waals surface area (Å²) >= 11 is 0. The molecule has 1 heterocycles. The van der Waals surface area contributed by atoms with Gasteiger partial charge in [0.2, 0.25) is 5.91 Å². The highest BCUT2D eigenvalue weighted by Crippen LogP contribution is 2.45. The second-order valence-corrected chi connectivity index (χ2v) is 9.90. The van der Waals surface area contributed by atoms with Gasteiger partial charge in [-0.1, -0.05) is 48.5 Å². The SMILES string of the molecule is CC1CC(C(=O)O)CCN1C(=O)CC1(NC(=O)OCC2c3ccccc3-c3ccccc32)CC1. The number of carbonyl (C=O) groups is 3. The molecule has 0 bridgehead atoms. The molecule has 2 amide bonds. The van der Waals surface area contributed by atoms with Crippen LogP contribution in [0.15, 0.2) is 48.5 Å². The molecule has 7 heteroatoms. The van der Waals surface area contributed by atoms with Gasteiger partial charge in [-0.3, -0.25) is 9.59 Å². The van der Waals surface area contributed by atoms with Gasteiger partial charge in [0.05, 0.1) is 17.9 Å². The second kappa shape index (κ2) is 8.78. The number of ether oxygens (including phenoxy) is 1. The zero-order chi connectivity index (χ0) is 23.9. The molecule has 0 radical (unpaired) electrons. The normalized spacial score (nSPS) is 22.4. The number of nitrogens with zero attached hydrogens (tertiary/aromatic N) is 1. The Bertz CT molecular complexity index is 1080. The number of hydrogen-bond acceptors (Lipinski definition) is 4. The summed E-state index contributed by atoms with van der Waals surface area (Å²) in [5, 5.41) is 12.2. The van der Waals surface area contributed by atoms with Gasteiger partial charge in [-0.05, 0) is 54.9 Å². The maximum Gasteiger partial charge on any atom is 0.407 e. The average molecular weight is 463 g/mol. The number of likely N-dealkylation sites (tertiary alicyclic amines) is 1. The summed E-state index contributed by atoms with van der Waals surface area (Å²) in [4.78, 5) is 38.7. The van der Waals surface area contributed by atoms with Crippen LogP contribution in [0.1, 0.15) is 56.1 Å². The van der Waals surface area contributed by atoms with Gasteiger partial charge >= 0.3 is 12.1 Å². The largest absolute Gasteiger partial charge is 0.481 e. The van der Waals surface area contributed by atoms with Crippen LogP contribution in [0.4, 0.5) is 4.79 Å². The summed E-state index contributed by atoms with van der Waals surface area (Å²) in [6.45, 7) is 2.58. The third-order valence-corrected chi connectivity index (χ3v) is 7.60. The van der Waals surface area contributed by atoms with Crippen molar-refractivity contribution in [1.29, 1.82) is 0 Å². The lowest BCUT2D eigenvalue weighted by Crippen LogP contribution is -2.49. The van der Waals surface area contributed by atoms with Crippen LogP contribution in [-0.2, 0) is 14.3 Å². The standard InChI is InChI=1S/C27H30N2O5/c1-17-14-18(25(31)32)10-13-29(17)24(30)15-27(11-12-27)28-26(33)34-16-23-21-8-4-2-6-19(21)20-7-3-5-9-22(20)23/h2-9,17-18,23H,10-16H2,1H3,(H,28,33)(H,31,32). The van der Waals surface area contributed by atoms with Crippen molar-refractivity contribution in [2.75, 3.05) is 13.2 Å². The minimum Gasteiger partial charge on any atom is -0.481 e. The van der Waals surface area contributed by atoms with Crippen molar-refractivity contribution < 1.29 is 24.2 Å². The lowest BCUT2D eigenvalue weighted by molar-refractivity contribution is -0.147. The van der Waals surface area contributed by atoms with Gasteiger partial charge in [-0.2, -0.15) is 0 Å². The third-order valence-electron chi connectivity index (χ3n) is 7.60. The molecule has 0 spiro atoms. The van der Waals surface area contributed by atoms with Crippen LogP contribution in [0, 0.1) is 5.92 Å². The Hall–Kier alpha value is -3.35. The number of nitrogens with one attached hydrogen (secondary N) is 1. The first-order valence-electron chi connectivity index (χ1n) is 12.0. The van der Waals surface area contributed by atoms with Crippen molar-refractivity contribution >= 4 is 18.0 Å². The summed E-state index contributed by atoms with van der Waals surface area (Å²) in [7, 11) is 0. The number of aliphatic carboxylic acids is 1. The number of fused-ring (bicyclic) bond motifs is 3. The van der Waals surface area contributed by atoms with Gasteiger partial charge in [-0.15, -0.1) is 0 Å². The monoisotopic (exact) mass is 462 g/mol. The first-order chi connectivity index (χ1) is 16.4. The topological polar surface area (TPSA) is 95.9 Å². The Labute approximate surface area is 199 Å². The molecule has 1 saturated carbocycles. The van der Waals surface area contributed by atoms with E-state index in [1.165, 1.54) is 11.1 Å². The molecule has 0 aromatic heterocycles. The summed E-state index contributed by atoms with van der Waals surface area (Å²) in [6, 6.07) is 16.3. The van der Waals surface area contributed by atoms with Gasteiger partial charge in [-0.25, -0.2) is 4.79 Å². The maximum absolute atomic E-state index is 13.0. The highest BCUT2D eigenvalue weighted by molar-refractivity contribution is 5.81. The van der Waals surface area contributed by atoms with E-state index >= 15 is 0 Å². The molecule has 5 rings (SSSR count). The van der Waals surface area contributed by atoms with Crippen molar-refractivity contribution in [2.24, 2.45) is 5.92 Å². The van der Waals surface area contributed by atoms with E-state index in [1.807, 2.05) is 31.2 Å². The molecule has 1 aliphatic heterocycles. The fraction of sp³-hybridized carbons (Fsp3) is 0.444. The van der Waals surface area contributed by atoms with Gasteiger partial charge in [0, 0.05) is 18.5 Å². The Morgan fingerprint density at radius 2 is 1.68 bits per heavy atom. The molecule has 34 heavy (non-hydrogen) atoms. The van der Waals surface area contributed by atoms with Gasteiger partial charge in [0.1, 0.15) is 6.61 Å². The van der Waals surface area contributed by atoms with Crippen molar-refractivity contribution in [3.8, 4) is 11.1 Å². The van der Waals surface area contributed by atoms with E-state index in [-0.39, 0.29) is 30.9 Å². The first-order valence-corrected chi connectivity index (χ1v) is 12.0. The van der Waals surface area contributed by atoms with E-state index in [9.17, 15) is 19.5 Å². The third kappa shape index (κ3) is 4.27. The highest BCUT2D eigenvalue weighted by Gasteiger charge is 2.48.